The summed E-state index contributed by atoms with van der Waals surface area (Å²) in [4.78, 5) is 2.14. The van der Waals surface area contributed by atoms with Crippen LogP contribution in [0, 0.1) is 0 Å². The third-order valence-electron chi connectivity index (χ3n) is 3.05. The number of ether oxygens (including phenoxy) is 2. The fourth-order valence-electron chi connectivity index (χ4n) is 1.86. The first-order valence-corrected chi connectivity index (χ1v) is 8.00. The summed E-state index contributed by atoms with van der Waals surface area (Å²) >= 11 is 0. The lowest BCUT2D eigenvalue weighted by Crippen LogP contribution is -2.31. The van der Waals surface area contributed by atoms with Crippen LogP contribution in [0.25, 0.3) is 0 Å². The first-order valence-electron chi connectivity index (χ1n) is 6.52. The Balaban J connectivity index is 3.03. The minimum atomic E-state index is -3.49. The molecule has 21 heavy (non-hydrogen) atoms. The molecule has 0 aliphatic carbocycles. The van der Waals surface area contributed by atoms with Gasteiger partial charge in [-0.25, -0.2) is 13.1 Å². The molecule has 3 N–H and O–H groups in total. The van der Waals surface area contributed by atoms with Crippen LogP contribution in [-0.2, 0) is 19.5 Å². The monoisotopic (exact) mass is 317 g/mol. The van der Waals surface area contributed by atoms with Crippen LogP contribution < -0.4 is 15.4 Å². The fraction of sp³-hybridized carbons (Fsp3) is 0.538. The fourth-order valence-corrected chi connectivity index (χ4v) is 2.63. The van der Waals surface area contributed by atoms with Crippen molar-refractivity contribution in [1.29, 1.82) is 0 Å². The molecule has 0 saturated heterocycles. The average Bonchev–Trinajstić information content (AvgIpc) is 2.48. The van der Waals surface area contributed by atoms with Crippen molar-refractivity contribution in [2.24, 2.45) is 0 Å². The Morgan fingerprint density at radius 2 is 1.76 bits per heavy atom. The highest BCUT2D eigenvalue weighted by molar-refractivity contribution is 7.89. The van der Waals surface area contributed by atoms with Gasteiger partial charge in [0.1, 0.15) is 0 Å². The molecule has 0 atom stereocenters. The Morgan fingerprint density at radius 1 is 1.19 bits per heavy atom. The second-order valence-electron chi connectivity index (χ2n) is 4.40. The molecule has 1 rings (SSSR count). The smallest absolute Gasteiger partial charge is 0.240 e. The van der Waals surface area contributed by atoms with Gasteiger partial charge in [-0.05, 0) is 25.2 Å². The van der Waals surface area contributed by atoms with Crippen molar-refractivity contribution < 1.29 is 17.9 Å². The third kappa shape index (κ3) is 4.85. The zero-order valence-corrected chi connectivity index (χ0v) is 13.4. The van der Waals surface area contributed by atoms with Crippen molar-refractivity contribution in [1.82, 2.24) is 4.72 Å². The summed E-state index contributed by atoms with van der Waals surface area (Å²) in [5, 5.41) is 0. The van der Waals surface area contributed by atoms with Crippen LogP contribution in [0.5, 0.6) is 0 Å². The molecular formula is C13H23N3O4S. The SMILES string of the molecule is CNS(=O)(=O)c1ccc(N(CCOC)CCOC)c(N)c1. The first kappa shape index (κ1) is 17.7. The van der Waals surface area contributed by atoms with Crippen molar-refractivity contribution in [3.05, 3.63) is 18.2 Å². The van der Waals surface area contributed by atoms with Crippen molar-refractivity contribution in [3.63, 3.8) is 0 Å². The molecule has 0 saturated carbocycles. The van der Waals surface area contributed by atoms with Gasteiger partial charge in [-0.15, -0.1) is 0 Å². The minimum Gasteiger partial charge on any atom is -0.397 e. The van der Waals surface area contributed by atoms with Crippen molar-refractivity contribution in [2.75, 3.05) is 58.2 Å². The zero-order valence-electron chi connectivity index (χ0n) is 12.6. The van der Waals surface area contributed by atoms with Gasteiger partial charge in [-0.2, -0.15) is 0 Å². The maximum absolute atomic E-state index is 11.8. The number of nitrogen functional groups attached to an aromatic ring is 1. The van der Waals surface area contributed by atoms with Crippen molar-refractivity contribution in [3.8, 4) is 0 Å². The van der Waals surface area contributed by atoms with E-state index < -0.39 is 10.0 Å². The number of nitrogens with two attached hydrogens (primary N) is 1. The van der Waals surface area contributed by atoms with Gasteiger partial charge in [0.2, 0.25) is 10.0 Å². The maximum atomic E-state index is 11.8. The molecule has 1 aromatic rings. The largest absolute Gasteiger partial charge is 0.397 e. The Labute approximate surface area is 126 Å². The summed E-state index contributed by atoms with van der Waals surface area (Å²) in [7, 11) is 1.12. The van der Waals surface area contributed by atoms with E-state index in [2.05, 4.69) is 4.72 Å². The normalized spacial score (nSPS) is 11.6. The minimum absolute atomic E-state index is 0.143. The number of benzene rings is 1. The van der Waals surface area contributed by atoms with E-state index in [-0.39, 0.29) is 4.90 Å². The summed E-state index contributed by atoms with van der Waals surface area (Å²) in [6, 6.07) is 4.68. The summed E-state index contributed by atoms with van der Waals surface area (Å²) in [6.45, 7) is 2.36. The van der Waals surface area contributed by atoms with Gasteiger partial charge in [0.15, 0.2) is 0 Å². The quantitative estimate of drug-likeness (QED) is 0.635. The van der Waals surface area contributed by atoms with Gasteiger partial charge in [0, 0.05) is 27.3 Å². The molecule has 0 amide bonds. The number of nitrogens with one attached hydrogen (secondary N) is 1. The number of anilines is 2. The number of rotatable bonds is 9. The van der Waals surface area contributed by atoms with Gasteiger partial charge in [0.05, 0.1) is 29.5 Å². The molecular weight excluding hydrogens is 294 g/mol. The number of methoxy groups -OCH3 is 2. The second kappa shape index (κ2) is 8.18. The molecule has 0 spiro atoms. The maximum Gasteiger partial charge on any atom is 0.240 e. The molecule has 0 fully saturated rings. The molecule has 8 heteroatoms. The standard InChI is InChI=1S/C13H23N3O4S/c1-15-21(17,18)11-4-5-13(12(14)10-11)16(6-8-19-2)7-9-20-3/h4-5,10,15H,6-9,14H2,1-3H3. The topological polar surface area (TPSA) is 93.9 Å². The summed E-state index contributed by atoms with van der Waals surface area (Å²) in [6.07, 6.45) is 0. The Morgan fingerprint density at radius 3 is 2.19 bits per heavy atom. The molecule has 7 nitrogen and oxygen atoms in total. The van der Waals surface area contributed by atoms with Gasteiger partial charge < -0.3 is 20.1 Å². The highest BCUT2D eigenvalue weighted by atomic mass is 32.2. The molecule has 0 aliphatic heterocycles. The number of hydrogen-bond donors (Lipinski definition) is 2. The molecule has 0 aromatic heterocycles. The Bertz CT molecular complexity index is 540. The zero-order chi connectivity index (χ0) is 15.9. The van der Waals surface area contributed by atoms with Crippen molar-refractivity contribution in [2.45, 2.75) is 4.90 Å². The van der Waals surface area contributed by atoms with E-state index in [1.54, 1.807) is 20.3 Å². The van der Waals surface area contributed by atoms with E-state index in [0.29, 0.717) is 32.0 Å². The molecule has 0 unspecified atom stereocenters. The number of sulfonamides is 1. The Kier molecular flexibility index (Phi) is 6.90. The van der Waals surface area contributed by atoms with Gasteiger partial charge in [-0.3, -0.25) is 0 Å². The molecule has 0 bridgehead atoms. The van der Waals surface area contributed by atoms with Crippen LogP contribution in [0.1, 0.15) is 0 Å². The lowest BCUT2D eigenvalue weighted by molar-refractivity contribution is 0.190. The van der Waals surface area contributed by atoms with Gasteiger partial charge in [-0.1, -0.05) is 0 Å². The predicted molar refractivity (Wildman–Crippen MR) is 83.1 cm³/mol. The second-order valence-corrected chi connectivity index (χ2v) is 6.29. The van der Waals surface area contributed by atoms with E-state index in [1.807, 2.05) is 4.90 Å². The summed E-state index contributed by atoms with van der Waals surface area (Å²) in [5.41, 5.74) is 7.17. The lowest BCUT2D eigenvalue weighted by Gasteiger charge is -2.26. The van der Waals surface area contributed by atoms with Gasteiger partial charge in [0.25, 0.3) is 0 Å². The van der Waals surface area contributed by atoms with Crippen LogP contribution >= 0.6 is 0 Å². The number of hydrogen-bond acceptors (Lipinski definition) is 6. The van der Waals surface area contributed by atoms with E-state index >= 15 is 0 Å². The van der Waals surface area contributed by atoms with Crippen LogP contribution in [-0.4, -0.2) is 56.0 Å². The predicted octanol–water partition coefficient (Wildman–Crippen LogP) is 0.276. The van der Waals surface area contributed by atoms with Crippen LogP contribution in [0.3, 0.4) is 0 Å². The Hall–Kier alpha value is -1.35. The highest BCUT2D eigenvalue weighted by Crippen LogP contribution is 2.26. The third-order valence-corrected chi connectivity index (χ3v) is 4.46. The molecule has 0 heterocycles. The average molecular weight is 317 g/mol. The van der Waals surface area contributed by atoms with Crippen LogP contribution in [0.15, 0.2) is 23.1 Å². The number of nitrogens with zero attached hydrogens (tertiary/aromatic N) is 1. The molecule has 0 radical (unpaired) electrons. The molecule has 0 aliphatic rings. The van der Waals surface area contributed by atoms with E-state index in [9.17, 15) is 8.42 Å². The van der Waals surface area contributed by atoms with E-state index in [0.717, 1.165) is 5.69 Å². The van der Waals surface area contributed by atoms with E-state index in [4.69, 9.17) is 15.2 Å². The summed E-state index contributed by atoms with van der Waals surface area (Å²) in [5.74, 6) is 0. The van der Waals surface area contributed by atoms with E-state index in [1.165, 1.54) is 19.2 Å². The molecule has 1 aromatic carbocycles. The van der Waals surface area contributed by atoms with Crippen LogP contribution in [0.4, 0.5) is 11.4 Å². The summed E-state index contributed by atoms with van der Waals surface area (Å²) < 4.78 is 35.9. The highest BCUT2D eigenvalue weighted by Gasteiger charge is 2.15. The van der Waals surface area contributed by atoms with Gasteiger partial charge >= 0.3 is 0 Å². The van der Waals surface area contributed by atoms with Crippen LogP contribution in [0.2, 0.25) is 0 Å². The van der Waals surface area contributed by atoms with Crippen molar-refractivity contribution >= 4 is 21.4 Å². The first-order chi connectivity index (χ1) is 9.96. The molecule has 120 valence electrons. The lowest BCUT2D eigenvalue weighted by atomic mass is 10.2.